The molecule has 2 aromatic rings. The molecule has 0 heterocycles. The van der Waals surface area contributed by atoms with Crippen molar-refractivity contribution in [2.75, 3.05) is 0 Å². The predicted molar refractivity (Wildman–Crippen MR) is 70.0 cm³/mol. The summed E-state index contributed by atoms with van der Waals surface area (Å²) in [6.07, 6.45) is 0. The number of hydrogen-bond acceptors (Lipinski definition) is 1. The molecular formula is C16H14OY-2. The van der Waals surface area contributed by atoms with Crippen LogP contribution in [0.4, 0.5) is 0 Å². The fourth-order valence-electron chi connectivity index (χ4n) is 1.75. The van der Waals surface area contributed by atoms with Crippen molar-refractivity contribution in [3.63, 3.8) is 0 Å². The number of carbonyl (C=O) groups excluding carboxylic acids is 1. The monoisotopic (exact) mass is 311 g/mol. The maximum absolute atomic E-state index is 12.3. The minimum atomic E-state index is 0. The molecule has 1 nitrogen and oxygen atoms in total. The van der Waals surface area contributed by atoms with Crippen molar-refractivity contribution in [1.82, 2.24) is 0 Å². The van der Waals surface area contributed by atoms with Crippen LogP contribution in [0.25, 0.3) is 0 Å². The molecule has 89 valence electrons. The van der Waals surface area contributed by atoms with E-state index >= 15 is 0 Å². The van der Waals surface area contributed by atoms with Gasteiger partial charge in [-0.2, -0.15) is 0 Å². The largest absolute Gasteiger partial charge is 0.299 e. The molecule has 0 saturated carbocycles. The molecule has 0 unspecified atom stereocenters. The molecule has 2 aromatic carbocycles. The Morgan fingerprint density at radius 3 is 2.28 bits per heavy atom. The van der Waals surface area contributed by atoms with Crippen molar-refractivity contribution in [2.45, 2.75) is 6.92 Å². The average molecular weight is 311 g/mol. The van der Waals surface area contributed by atoms with Crippen molar-refractivity contribution in [3.05, 3.63) is 84.1 Å². The van der Waals surface area contributed by atoms with Crippen LogP contribution in [0.3, 0.4) is 0 Å². The summed E-state index contributed by atoms with van der Waals surface area (Å²) < 4.78 is 0. The summed E-state index contributed by atoms with van der Waals surface area (Å²) in [7, 11) is 0. The van der Waals surface area contributed by atoms with Gasteiger partial charge in [-0.25, -0.2) is 12.1 Å². The van der Waals surface area contributed by atoms with Gasteiger partial charge in [-0.3, -0.25) is 29.8 Å². The van der Waals surface area contributed by atoms with E-state index < -0.39 is 0 Å². The number of hydrogen-bond donors (Lipinski definition) is 0. The second-order valence-electron chi connectivity index (χ2n) is 4.13. The standard InChI is InChI=1S/C16H14O.Y/c1-11-8-9-14(10-13(11)3)16(17)15-7-5-4-6-12(15)2;/h4-10H,1,3H2,2H3;/q-2;. The molecule has 0 aliphatic rings. The minimum Gasteiger partial charge on any atom is -0.299 e. The summed E-state index contributed by atoms with van der Waals surface area (Å²) in [6.45, 7) is 9.64. The SMILES string of the molecule is [CH2-]c1ccc(C(=O)c2ccccc2C)cc1[CH2-].[Y]. The summed E-state index contributed by atoms with van der Waals surface area (Å²) in [6, 6.07) is 13.0. The molecule has 0 aliphatic heterocycles. The predicted octanol–water partition coefficient (Wildman–Crippen LogP) is 3.59. The van der Waals surface area contributed by atoms with Gasteiger partial charge in [0.15, 0.2) is 5.78 Å². The minimum absolute atomic E-state index is 0. The Morgan fingerprint density at radius 1 is 1.00 bits per heavy atom. The van der Waals surface area contributed by atoms with Crippen molar-refractivity contribution in [1.29, 1.82) is 0 Å². The Morgan fingerprint density at radius 2 is 1.67 bits per heavy atom. The molecule has 0 spiro atoms. The first-order valence-corrected chi connectivity index (χ1v) is 5.48. The zero-order chi connectivity index (χ0) is 12.4. The Balaban J connectivity index is 0.00000162. The number of ketones is 1. The molecule has 2 heteroatoms. The second-order valence-corrected chi connectivity index (χ2v) is 4.13. The Kier molecular flexibility index (Phi) is 5.19. The van der Waals surface area contributed by atoms with E-state index in [9.17, 15) is 4.79 Å². The molecule has 0 fully saturated rings. The Hall–Kier alpha value is -1.05. The number of aryl methyl sites for hydroxylation is 1. The third-order valence-electron chi connectivity index (χ3n) is 2.86. The molecule has 0 N–H and O–H groups in total. The van der Waals surface area contributed by atoms with Crippen LogP contribution in [0.15, 0.2) is 42.5 Å². The average Bonchev–Trinajstić information content (AvgIpc) is 2.32. The molecule has 0 atom stereocenters. The number of carbonyl (C=O) groups is 1. The summed E-state index contributed by atoms with van der Waals surface area (Å²) in [5, 5.41) is 0. The van der Waals surface area contributed by atoms with Crippen molar-refractivity contribution in [3.8, 4) is 0 Å². The van der Waals surface area contributed by atoms with Crippen LogP contribution in [0.1, 0.15) is 32.6 Å². The molecular weight excluding hydrogens is 297 g/mol. The number of benzene rings is 2. The van der Waals surface area contributed by atoms with E-state index in [1.54, 1.807) is 12.1 Å². The van der Waals surface area contributed by atoms with E-state index in [0.29, 0.717) is 5.56 Å². The topological polar surface area (TPSA) is 17.1 Å². The van der Waals surface area contributed by atoms with E-state index in [0.717, 1.165) is 22.3 Å². The quantitative estimate of drug-likeness (QED) is 0.612. The van der Waals surface area contributed by atoms with Gasteiger partial charge in [0.2, 0.25) is 0 Å². The van der Waals surface area contributed by atoms with Crippen LogP contribution in [0, 0.1) is 20.8 Å². The van der Waals surface area contributed by atoms with Crippen LogP contribution in [-0.4, -0.2) is 5.78 Å². The Labute approximate surface area is 133 Å². The normalized spacial score (nSPS) is 9.61. The van der Waals surface area contributed by atoms with Gasteiger partial charge in [0.25, 0.3) is 0 Å². The Bertz CT molecular complexity index is 573. The van der Waals surface area contributed by atoms with Gasteiger partial charge in [-0.15, -0.1) is 6.07 Å². The fourth-order valence-corrected chi connectivity index (χ4v) is 1.75. The van der Waals surface area contributed by atoms with Crippen LogP contribution >= 0.6 is 0 Å². The maximum atomic E-state index is 12.3. The first-order valence-electron chi connectivity index (χ1n) is 5.48. The summed E-state index contributed by atoms with van der Waals surface area (Å²) in [4.78, 5) is 12.3. The molecule has 0 aliphatic carbocycles. The van der Waals surface area contributed by atoms with Crippen molar-refractivity contribution < 1.29 is 37.5 Å². The van der Waals surface area contributed by atoms with Gasteiger partial charge < -0.3 is 0 Å². The maximum Gasteiger partial charge on any atom is 0.179 e. The van der Waals surface area contributed by atoms with Crippen molar-refractivity contribution in [2.24, 2.45) is 0 Å². The van der Waals surface area contributed by atoms with Crippen LogP contribution < -0.4 is 0 Å². The molecule has 0 aromatic heterocycles. The molecule has 18 heavy (non-hydrogen) atoms. The van der Waals surface area contributed by atoms with E-state index in [1.807, 2.05) is 37.3 Å². The van der Waals surface area contributed by atoms with Crippen LogP contribution in [-0.2, 0) is 32.7 Å². The first-order chi connectivity index (χ1) is 8.09. The smallest absolute Gasteiger partial charge is 0.179 e. The third-order valence-corrected chi connectivity index (χ3v) is 2.86. The molecule has 0 saturated heterocycles. The summed E-state index contributed by atoms with van der Waals surface area (Å²) in [5.41, 5.74) is 4.04. The van der Waals surface area contributed by atoms with Gasteiger partial charge in [0.1, 0.15) is 0 Å². The summed E-state index contributed by atoms with van der Waals surface area (Å²) >= 11 is 0. The van der Waals surface area contributed by atoms with Crippen molar-refractivity contribution >= 4 is 5.78 Å². The zero-order valence-corrected chi connectivity index (χ0v) is 13.3. The van der Waals surface area contributed by atoms with Crippen LogP contribution in [0.5, 0.6) is 0 Å². The van der Waals surface area contributed by atoms with Gasteiger partial charge in [0.05, 0.1) is 0 Å². The van der Waals surface area contributed by atoms with Crippen LogP contribution in [0.2, 0.25) is 0 Å². The van der Waals surface area contributed by atoms with E-state index in [1.165, 1.54) is 0 Å². The molecule has 0 bridgehead atoms. The zero-order valence-electron chi connectivity index (χ0n) is 10.4. The third kappa shape index (κ3) is 3.04. The fraction of sp³-hybridized carbons (Fsp3) is 0.0625. The second kappa shape index (κ2) is 6.22. The first kappa shape index (κ1) is 15.0. The summed E-state index contributed by atoms with van der Waals surface area (Å²) in [5.74, 6) is 0.0352. The van der Waals surface area contributed by atoms with Gasteiger partial charge >= 0.3 is 0 Å². The van der Waals surface area contributed by atoms with Gasteiger partial charge in [-0.1, -0.05) is 29.8 Å². The van der Waals surface area contributed by atoms with Gasteiger partial charge in [-0.05, 0) is 12.5 Å². The van der Waals surface area contributed by atoms with E-state index in [2.05, 4.69) is 13.8 Å². The van der Waals surface area contributed by atoms with Gasteiger partial charge in [0, 0.05) is 38.3 Å². The van der Waals surface area contributed by atoms with E-state index in [-0.39, 0.29) is 38.5 Å². The molecule has 2 rings (SSSR count). The molecule has 1 radical (unpaired) electrons. The number of rotatable bonds is 2. The molecule has 0 amide bonds. The van der Waals surface area contributed by atoms with E-state index in [4.69, 9.17) is 0 Å².